The molecule has 1 aromatic heterocycles. The maximum absolute atomic E-state index is 13.6. The van der Waals surface area contributed by atoms with E-state index in [4.69, 9.17) is 0 Å². The van der Waals surface area contributed by atoms with Crippen LogP contribution >= 0.6 is 12.4 Å². The van der Waals surface area contributed by atoms with Gasteiger partial charge in [-0.25, -0.2) is 4.39 Å². The molecule has 0 aliphatic carbocycles. The number of carbonyl (C=O) groups excluding carboxylic acids is 1. The molecule has 5 nitrogen and oxygen atoms in total. The topological polar surface area (TPSA) is 59.0 Å². The summed E-state index contributed by atoms with van der Waals surface area (Å²) in [7, 11) is 1.87. The number of hydrogen-bond donors (Lipinski definition) is 2. The van der Waals surface area contributed by atoms with Crippen molar-refractivity contribution in [1.82, 2.24) is 20.4 Å². The molecular formula is C17H22ClFN4O. The van der Waals surface area contributed by atoms with Crippen molar-refractivity contribution in [1.29, 1.82) is 0 Å². The van der Waals surface area contributed by atoms with Crippen LogP contribution in [0.2, 0.25) is 0 Å². The van der Waals surface area contributed by atoms with E-state index in [1.165, 1.54) is 6.07 Å². The van der Waals surface area contributed by atoms with Crippen molar-refractivity contribution in [3.63, 3.8) is 0 Å². The first-order valence-corrected chi connectivity index (χ1v) is 7.85. The molecule has 1 aliphatic rings. The summed E-state index contributed by atoms with van der Waals surface area (Å²) < 4.78 is 15.3. The molecule has 0 radical (unpaired) electrons. The van der Waals surface area contributed by atoms with E-state index in [9.17, 15) is 9.18 Å². The fraction of sp³-hybridized carbons (Fsp3) is 0.412. The van der Waals surface area contributed by atoms with Gasteiger partial charge in [0.25, 0.3) is 0 Å². The monoisotopic (exact) mass is 352 g/mol. The molecule has 2 atom stereocenters. The Bertz CT molecular complexity index is 691. The summed E-state index contributed by atoms with van der Waals surface area (Å²) in [6, 6.07) is 6.66. The lowest BCUT2D eigenvalue weighted by molar-refractivity contribution is -0.124. The third kappa shape index (κ3) is 4.13. The Morgan fingerprint density at radius 3 is 2.92 bits per heavy atom. The predicted molar refractivity (Wildman–Crippen MR) is 92.7 cm³/mol. The van der Waals surface area contributed by atoms with Gasteiger partial charge in [0.05, 0.1) is 12.1 Å². The van der Waals surface area contributed by atoms with Crippen molar-refractivity contribution in [2.45, 2.75) is 12.3 Å². The van der Waals surface area contributed by atoms with E-state index in [1.807, 2.05) is 19.4 Å². The van der Waals surface area contributed by atoms with E-state index in [2.05, 4.69) is 15.7 Å². The summed E-state index contributed by atoms with van der Waals surface area (Å²) in [5.74, 6) is -0.185. The number of nitrogens with one attached hydrogen (secondary N) is 2. The van der Waals surface area contributed by atoms with Crippen LogP contribution in [0.5, 0.6) is 0 Å². The molecule has 3 rings (SSSR count). The van der Waals surface area contributed by atoms with Crippen molar-refractivity contribution < 1.29 is 9.18 Å². The lowest BCUT2D eigenvalue weighted by atomic mass is 9.90. The first kappa shape index (κ1) is 18.4. The highest BCUT2D eigenvalue weighted by Gasteiger charge is 2.34. The van der Waals surface area contributed by atoms with E-state index in [1.54, 1.807) is 22.9 Å². The SMILES string of the molecule is Cl.Cn1cc([C@H]2CNC[C@@H]2C(=O)NCCc2ccccc2F)cn1. The molecule has 1 amide bonds. The van der Waals surface area contributed by atoms with Gasteiger partial charge in [-0.05, 0) is 23.6 Å². The summed E-state index contributed by atoms with van der Waals surface area (Å²) in [5, 5.41) is 10.4. The van der Waals surface area contributed by atoms with E-state index in [0.717, 1.165) is 12.1 Å². The summed E-state index contributed by atoms with van der Waals surface area (Å²) in [4.78, 5) is 12.4. The smallest absolute Gasteiger partial charge is 0.225 e. The largest absolute Gasteiger partial charge is 0.355 e. The number of aryl methyl sites for hydroxylation is 1. The first-order chi connectivity index (χ1) is 11.1. The highest BCUT2D eigenvalue weighted by Crippen LogP contribution is 2.27. The molecule has 2 N–H and O–H groups in total. The Morgan fingerprint density at radius 1 is 1.42 bits per heavy atom. The molecule has 0 saturated carbocycles. The highest BCUT2D eigenvalue weighted by molar-refractivity contribution is 5.85. The minimum Gasteiger partial charge on any atom is -0.355 e. The number of rotatable bonds is 5. The van der Waals surface area contributed by atoms with Gasteiger partial charge in [0.2, 0.25) is 5.91 Å². The Labute approximate surface area is 147 Å². The number of amides is 1. The molecule has 24 heavy (non-hydrogen) atoms. The van der Waals surface area contributed by atoms with Crippen LogP contribution in [0.1, 0.15) is 17.0 Å². The summed E-state index contributed by atoms with van der Waals surface area (Å²) in [6.07, 6.45) is 4.27. The zero-order valence-corrected chi connectivity index (χ0v) is 14.4. The fourth-order valence-corrected chi connectivity index (χ4v) is 3.09. The van der Waals surface area contributed by atoms with Gasteiger partial charge < -0.3 is 10.6 Å². The van der Waals surface area contributed by atoms with Crippen molar-refractivity contribution in [2.24, 2.45) is 13.0 Å². The summed E-state index contributed by atoms with van der Waals surface area (Å²) in [6.45, 7) is 1.87. The summed E-state index contributed by atoms with van der Waals surface area (Å²) >= 11 is 0. The zero-order chi connectivity index (χ0) is 16.2. The van der Waals surface area contributed by atoms with Crippen LogP contribution in [0.3, 0.4) is 0 Å². The Balaban J connectivity index is 0.00000208. The van der Waals surface area contributed by atoms with Crippen LogP contribution in [0.4, 0.5) is 4.39 Å². The molecule has 0 bridgehead atoms. The molecule has 130 valence electrons. The summed E-state index contributed by atoms with van der Waals surface area (Å²) in [5.41, 5.74) is 1.70. The number of aromatic nitrogens is 2. The van der Waals surface area contributed by atoms with Crippen LogP contribution in [0.25, 0.3) is 0 Å². The van der Waals surface area contributed by atoms with Gasteiger partial charge >= 0.3 is 0 Å². The molecule has 0 unspecified atom stereocenters. The molecule has 7 heteroatoms. The fourth-order valence-electron chi connectivity index (χ4n) is 3.09. The first-order valence-electron chi connectivity index (χ1n) is 7.85. The van der Waals surface area contributed by atoms with Gasteiger partial charge in [0.15, 0.2) is 0 Å². The molecule has 1 saturated heterocycles. The van der Waals surface area contributed by atoms with Gasteiger partial charge in [0, 0.05) is 38.8 Å². The molecule has 1 aliphatic heterocycles. The number of halogens is 2. The number of hydrogen-bond acceptors (Lipinski definition) is 3. The van der Waals surface area contributed by atoms with E-state index < -0.39 is 0 Å². The van der Waals surface area contributed by atoms with Gasteiger partial charge in [-0.2, -0.15) is 5.10 Å². The van der Waals surface area contributed by atoms with Crippen molar-refractivity contribution in [3.8, 4) is 0 Å². The zero-order valence-electron chi connectivity index (χ0n) is 13.5. The van der Waals surface area contributed by atoms with E-state index >= 15 is 0 Å². The second kappa shape index (κ2) is 8.26. The quantitative estimate of drug-likeness (QED) is 0.860. The molecule has 0 spiro atoms. The Hall–Kier alpha value is -1.92. The molecule has 1 fully saturated rings. The van der Waals surface area contributed by atoms with Crippen LogP contribution in [-0.4, -0.2) is 35.3 Å². The molecule has 2 heterocycles. The van der Waals surface area contributed by atoms with Crippen LogP contribution in [-0.2, 0) is 18.3 Å². The molecular weight excluding hydrogens is 331 g/mol. The van der Waals surface area contributed by atoms with Gasteiger partial charge in [0.1, 0.15) is 5.82 Å². The van der Waals surface area contributed by atoms with Gasteiger partial charge in [-0.3, -0.25) is 9.48 Å². The van der Waals surface area contributed by atoms with Crippen molar-refractivity contribution in [3.05, 3.63) is 53.6 Å². The third-order valence-electron chi connectivity index (χ3n) is 4.36. The van der Waals surface area contributed by atoms with Crippen LogP contribution < -0.4 is 10.6 Å². The van der Waals surface area contributed by atoms with Crippen molar-refractivity contribution >= 4 is 18.3 Å². The maximum atomic E-state index is 13.6. The second-order valence-electron chi connectivity index (χ2n) is 5.95. The average molecular weight is 353 g/mol. The lowest BCUT2D eigenvalue weighted by Gasteiger charge is -2.17. The number of nitrogens with zero attached hydrogens (tertiary/aromatic N) is 2. The number of benzene rings is 1. The van der Waals surface area contributed by atoms with Gasteiger partial charge in [-0.1, -0.05) is 18.2 Å². The van der Waals surface area contributed by atoms with Crippen LogP contribution in [0.15, 0.2) is 36.7 Å². The van der Waals surface area contributed by atoms with Crippen LogP contribution in [0, 0.1) is 11.7 Å². The molecule has 2 aromatic rings. The highest BCUT2D eigenvalue weighted by atomic mass is 35.5. The second-order valence-corrected chi connectivity index (χ2v) is 5.95. The molecule has 1 aromatic carbocycles. The third-order valence-corrected chi connectivity index (χ3v) is 4.36. The minimum absolute atomic E-state index is 0. The van der Waals surface area contributed by atoms with E-state index in [-0.39, 0.29) is 36.0 Å². The van der Waals surface area contributed by atoms with Crippen molar-refractivity contribution in [2.75, 3.05) is 19.6 Å². The Morgan fingerprint density at radius 2 is 2.21 bits per heavy atom. The predicted octanol–water partition coefficient (Wildman–Crippen LogP) is 1.64. The Kier molecular flexibility index (Phi) is 6.34. The average Bonchev–Trinajstić information content (AvgIpc) is 3.17. The van der Waals surface area contributed by atoms with Gasteiger partial charge in [-0.15, -0.1) is 12.4 Å². The standard InChI is InChI=1S/C17H21FN4O.ClH/c1-22-11-13(8-21-22)14-9-19-10-15(14)17(23)20-7-6-12-4-2-3-5-16(12)18;/h2-5,8,11,14-15,19H,6-7,9-10H2,1H3,(H,20,23);1H/t14-,15+;/m1./s1. The minimum atomic E-state index is -0.225. The normalized spacial score (nSPS) is 19.8. The lowest BCUT2D eigenvalue weighted by Crippen LogP contribution is -2.35. The maximum Gasteiger partial charge on any atom is 0.225 e. The number of carbonyl (C=O) groups is 1. The van der Waals surface area contributed by atoms with E-state index in [0.29, 0.717) is 25.1 Å².